The molecule has 1 amide bonds. The number of nitrogens with zero attached hydrogens (tertiary/aromatic N) is 2. The van der Waals surface area contributed by atoms with Gasteiger partial charge < -0.3 is 10.2 Å². The lowest BCUT2D eigenvalue weighted by Crippen LogP contribution is -2.38. The number of amides is 1. The third-order valence-electron chi connectivity index (χ3n) is 3.99. The van der Waals surface area contributed by atoms with Crippen LogP contribution < -0.4 is 5.32 Å². The van der Waals surface area contributed by atoms with Crippen LogP contribution in [0.2, 0.25) is 5.15 Å². The summed E-state index contributed by atoms with van der Waals surface area (Å²) in [6.45, 7) is 7.96. The van der Waals surface area contributed by atoms with Crippen molar-refractivity contribution in [1.29, 1.82) is 0 Å². The van der Waals surface area contributed by atoms with Gasteiger partial charge in [-0.15, -0.1) is 0 Å². The van der Waals surface area contributed by atoms with Gasteiger partial charge >= 0.3 is 0 Å². The summed E-state index contributed by atoms with van der Waals surface area (Å²) in [6.07, 6.45) is 2.34. The molecule has 2 rings (SSSR count). The number of hydrogen-bond acceptors (Lipinski definition) is 3. The lowest BCUT2D eigenvalue weighted by Gasteiger charge is -2.21. The van der Waals surface area contributed by atoms with Crippen LogP contribution in [0.3, 0.4) is 0 Å². The van der Waals surface area contributed by atoms with E-state index in [0.717, 1.165) is 18.7 Å². The Hall–Kier alpha value is -1.13. The monoisotopic (exact) mass is 309 g/mol. The molecule has 1 aliphatic heterocycles. The molecule has 1 aromatic heterocycles. The Kier molecular flexibility index (Phi) is 4.89. The Balaban J connectivity index is 2.07. The second-order valence-electron chi connectivity index (χ2n) is 6.80. The van der Waals surface area contributed by atoms with Crippen LogP contribution >= 0.6 is 11.6 Å². The average molecular weight is 310 g/mol. The minimum absolute atomic E-state index is 0.0786. The number of likely N-dealkylation sites (N-methyl/N-ethyl adjacent to an activating group) is 1. The molecule has 1 saturated heterocycles. The summed E-state index contributed by atoms with van der Waals surface area (Å²) in [5.74, 6) is -0.0786. The minimum Gasteiger partial charge on any atom is -0.350 e. The quantitative estimate of drug-likeness (QED) is 0.873. The van der Waals surface area contributed by atoms with Crippen LogP contribution in [-0.4, -0.2) is 42.0 Å². The van der Waals surface area contributed by atoms with Gasteiger partial charge in [0.2, 0.25) is 0 Å². The maximum atomic E-state index is 12.3. The summed E-state index contributed by atoms with van der Waals surface area (Å²) in [5.41, 5.74) is 1.28. The van der Waals surface area contributed by atoms with E-state index in [4.69, 9.17) is 11.6 Å². The van der Waals surface area contributed by atoms with Crippen molar-refractivity contribution >= 4 is 17.5 Å². The number of carbonyl (C=O) groups excluding carboxylic acids is 1. The number of likely N-dealkylation sites (tertiary alicyclic amines) is 1. The first-order valence-corrected chi connectivity index (χ1v) is 7.81. The molecule has 0 aromatic carbocycles. The van der Waals surface area contributed by atoms with Crippen LogP contribution in [0.5, 0.6) is 0 Å². The van der Waals surface area contributed by atoms with E-state index in [1.54, 1.807) is 6.07 Å². The number of carbonyl (C=O) groups is 1. The Bertz CT molecular complexity index is 525. The van der Waals surface area contributed by atoms with Gasteiger partial charge in [0.25, 0.3) is 5.91 Å². The lowest BCUT2D eigenvalue weighted by molar-refractivity contribution is 0.0943. The second kappa shape index (κ2) is 6.32. The Morgan fingerprint density at radius 3 is 2.76 bits per heavy atom. The van der Waals surface area contributed by atoms with Crippen LogP contribution in [0.15, 0.2) is 12.1 Å². The van der Waals surface area contributed by atoms with E-state index in [-0.39, 0.29) is 11.3 Å². The molecule has 1 fully saturated rings. The highest BCUT2D eigenvalue weighted by atomic mass is 35.5. The van der Waals surface area contributed by atoms with Gasteiger partial charge in [-0.3, -0.25) is 4.79 Å². The molecule has 1 unspecified atom stereocenters. The number of aromatic nitrogens is 1. The Labute approximate surface area is 131 Å². The molecule has 0 spiro atoms. The predicted molar refractivity (Wildman–Crippen MR) is 85.9 cm³/mol. The SMILES string of the molecule is CN1CCCC1CNC(=O)c1cc(Cl)nc(C(C)(C)C)c1. The van der Waals surface area contributed by atoms with Gasteiger partial charge in [-0.2, -0.15) is 0 Å². The van der Waals surface area contributed by atoms with E-state index in [1.807, 2.05) is 6.07 Å². The van der Waals surface area contributed by atoms with E-state index < -0.39 is 0 Å². The molecular weight excluding hydrogens is 286 g/mol. The minimum atomic E-state index is -0.133. The van der Waals surface area contributed by atoms with Crippen molar-refractivity contribution in [3.63, 3.8) is 0 Å². The van der Waals surface area contributed by atoms with E-state index in [2.05, 4.69) is 43.0 Å². The predicted octanol–water partition coefficient (Wildman–Crippen LogP) is 2.86. The fourth-order valence-electron chi connectivity index (χ4n) is 2.56. The molecule has 116 valence electrons. The van der Waals surface area contributed by atoms with Crippen molar-refractivity contribution in [3.8, 4) is 0 Å². The summed E-state index contributed by atoms with van der Waals surface area (Å²) < 4.78 is 0. The van der Waals surface area contributed by atoms with Crippen LogP contribution in [0.1, 0.15) is 49.7 Å². The summed E-state index contributed by atoms with van der Waals surface area (Å²) in [5, 5.41) is 3.38. The molecule has 1 aliphatic rings. The van der Waals surface area contributed by atoms with Crippen molar-refractivity contribution in [1.82, 2.24) is 15.2 Å². The van der Waals surface area contributed by atoms with Gasteiger partial charge in [0.05, 0.1) is 0 Å². The van der Waals surface area contributed by atoms with Gasteiger partial charge in [0.15, 0.2) is 0 Å². The maximum absolute atomic E-state index is 12.3. The zero-order chi connectivity index (χ0) is 15.6. The summed E-state index contributed by atoms with van der Waals surface area (Å²) in [7, 11) is 2.10. The number of rotatable bonds is 3. The van der Waals surface area contributed by atoms with Crippen molar-refractivity contribution in [2.75, 3.05) is 20.1 Å². The first-order valence-electron chi connectivity index (χ1n) is 7.44. The van der Waals surface area contributed by atoms with Crippen LogP contribution in [-0.2, 0) is 5.41 Å². The van der Waals surface area contributed by atoms with Crippen molar-refractivity contribution in [3.05, 3.63) is 28.5 Å². The molecule has 1 aromatic rings. The third-order valence-corrected chi connectivity index (χ3v) is 4.19. The van der Waals surface area contributed by atoms with Gasteiger partial charge in [0, 0.05) is 29.3 Å². The summed E-state index contributed by atoms with van der Waals surface area (Å²) in [4.78, 5) is 18.9. The smallest absolute Gasteiger partial charge is 0.251 e. The fraction of sp³-hybridized carbons (Fsp3) is 0.625. The van der Waals surface area contributed by atoms with Crippen LogP contribution in [0, 0.1) is 0 Å². The van der Waals surface area contributed by atoms with Crippen LogP contribution in [0.25, 0.3) is 0 Å². The normalized spacial score (nSPS) is 19.8. The molecule has 21 heavy (non-hydrogen) atoms. The molecule has 1 N–H and O–H groups in total. The largest absolute Gasteiger partial charge is 0.350 e. The van der Waals surface area contributed by atoms with E-state index in [0.29, 0.717) is 23.3 Å². The molecular formula is C16H24ClN3O. The van der Waals surface area contributed by atoms with Crippen molar-refractivity contribution < 1.29 is 4.79 Å². The first kappa shape index (κ1) is 16.2. The topological polar surface area (TPSA) is 45.2 Å². The first-order chi connectivity index (χ1) is 9.77. The standard InChI is InChI=1S/C16H24ClN3O/c1-16(2,3)13-8-11(9-14(17)19-13)15(21)18-10-12-6-5-7-20(12)4/h8-9,12H,5-7,10H2,1-4H3,(H,18,21). The molecule has 2 heterocycles. The number of hydrogen-bond donors (Lipinski definition) is 1. The van der Waals surface area contributed by atoms with Crippen molar-refractivity contribution in [2.45, 2.75) is 45.1 Å². The highest BCUT2D eigenvalue weighted by Crippen LogP contribution is 2.23. The zero-order valence-electron chi connectivity index (χ0n) is 13.2. The van der Waals surface area contributed by atoms with Gasteiger partial charge in [-0.1, -0.05) is 32.4 Å². The molecule has 0 bridgehead atoms. The second-order valence-corrected chi connectivity index (χ2v) is 7.19. The molecule has 0 saturated carbocycles. The van der Waals surface area contributed by atoms with Gasteiger partial charge in [0.1, 0.15) is 5.15 Å². The van der Waals surface area contributed by atoms with E-state index in [9.17, 15) is 4.79 Å². The highest BCUT2D eigenvalue weighted by Gasteiger charge is 2.22. The fourth-order valence-corrected chi connectivity index (χ4v) is 2.77. The van der Waals surface area contributed by atoms with Crippen molar-refractivity contribution in [2.24, 2.45) is 0 Å². The van der Waals surface area contributed by atoms with Gasteiger partial charge in [-0.05, 0) is 38.6 Å². The summed E-state index contributed by atoms with van der Waals surface area (Å²) in [6, 6.07) is 3.90. The average Bonchev–Trinajstić information content (AvgIpc) is 2.79. The molecule has 0 aliphatic carbocycles. The zero-order valence-corrected chi connectivity index (χ0v) is 14.0. The van der Waals surface area contributed by atoms with Crippen LogP contribution in [0.4, 0.5) is 0 Å². The molecule has 4 nitrogen and oxygen atoms in total. The highest BCUT2D eigenvalue weighted by molar-refractivity contribution is 6.29. The van der Waals surface area contributed by atoms with Gasteiger partial charge in [-0.25, -0.2) is 4.98 Å². The lowest BCUT2D eigenvalue weighted by atomic mass is 9.91. The van der Waals surface area contributed by atoms with E-state index in [1.165, 1.54) is 6.42 Å². The Morgan fingerprint density at radius 1 is 1.48 bits per heavy atom. The maximum Gasteiger partial charge on any atom is 0.251 e. The third kappa shape index (κ3) is 4.17. The molecule has 1 atom stereocenters. The molecule has 0 radical (unpaired) electrons. The summed E-state index contributed by atoms with van der Waals surface area (Å²) >= 11 is 6.05. The van der Waals surface area contributed by atoms with E-state index >= 15 is 0 Å². The molecule has 5 heteroatoms. The number of pyridine rings is 1. The number of halogens is 1. The Morgan fingerprint density at radius 2 is 2.19 bits per heavy atom. The number of nitrogens with one attached hydrogen (secondary N) is 1.